The van der Waals surface area contributed by atoms with Crippen LogP contribution in [0.2, 0.25) is 0 Å². The molecule has 0 spiro atoms. The highest BCUT2D eigenvalue weighted by atomic mass is 35.5. The second-order valence-corrected chi connectivity index (χ2v) is 3.84. The van der Waals surface area contributed by atoms with E-state index in [1.165, 1.54) is 0 Å². The van der Waals surface area contributed by atoms with Crippen LogP contribution < -0.4 is 9.47 Å². The fourth-order valence-electron chi connectivity index (χ4n) is 1.71. The minimum absolute atomic E-state index is 0.585. The van der Waals surface area contributed by atoms with Crippen LogP contribution >= 0.6 is 11.6 Å². The lowest BCUT2D eigenvalue weighted by molar-refractivity contribution is 0.394. The maximum absolute atomic E-state index is 5.76. The first kappa shape index (κ1) is 12.2. The van der Waals surface area contributed by atoms with Gasteiger partial charge in [0.1, 0.15) is 11.5 Å². The molecule has 15 heavy (non-hydrogen) atoms. The molecular formula is C12H17ClO2. The molecule has 0 heterocycles. The lowest BCUT2D eigenvalue weighted by Gasteiger charge is -2.16. The van der Waals surface area contributed by atoms with Crippen molar-refractivity contribution >= 4 is 11.6 Å². The average molecular weight is 229 g/mol. The Morgan fingerprint density at radius 1 is 1.13 bits per heavy atom. The minimum Gasteiger partial charge on any atom is -0.496 e. The van der Waals surface area contributed by atoms with Gasteiger partial charge < -0.3 is 9.47 Å². The summed E-state index contributed by atoms with van der Waals surface area (Å²) in [4.78, 5) is 0. The lowest BCUT2D eigenvalue weighted by Crippen LogP contribution is -2.00. The maximum Gasteiger partial charge on any atom is 0.125 e. The van der Waals surface area contributed by atoms with Gasteiger partial charge in [0.15, 0.2) is 0 Å². The van der Waals surface area contributed by atoms with Crippen molar-refractivity contribution in [2.75, 3.05) is 20.1 Å². The van der Waals surface area contributed by atoms with Gasteiger partial charge in [-0.15, -0.1) is 11.6 Å². The van der Waals surface area contributed by atoms with E-state index in [-0.39, 0.29) is 0 Å². The van der Waals surface area contributed by atoms with Crippen molar-refractivity contribution in [1.82, 2.24) is 0 Å². The molecule has 0 aromatic heterocycles. The molecule has 0 atom stereocenters. The van der Waals surface area contributed by atoms with Crippen LogP contribution in [0.4, 0.5) is 0 Å². The summed E-state index contributed by atoms with van der Waals surface area (Å²) >= 11 is 5.76. The number of aryl methyl sites for hydroxylation is 1. The van der Waals surface area contributed by atoms with E-state index in [4.69, 9.17) is 21.1 Å². The molecule has 1 aromatic carbocycles. The topological polar surface area (TPSA) is 18.5 Å². The molecule has 0 N–H and O–H groups in total. The highest BCUT2D eigenvalue weighted by Crippen LogP contribution is 2.33. The standard InChI is InChI=1S/C12H17ClO2/c1-8-9(2)12(15-4)10(5-6-13)7-11(8)14-3/h7H,5-6H2,1-4H3. The summed E-state index contributed by atoms with van der Waals surface area (Å²) in [7, 11) is 3.37. The van der Waals surface area contributed by atoms with Crippen LogP contribution in [-0.4, -0.2) is 20.1 Å². The molecule has 0 saturated carbocycles. The molecule has 1 rings (SSSR count). The van der Waals surface area contributed by atoms with Gasteiger partial charge in [0.2, 0.25) is 0 Å². The number of alkyl halides is 1. The molecule has 2 nitrogen and oxygen atoms in total. The van der Waals surface area contributed by atoms with Crippen molar-refractivity contribution in [2.24, 2.45) is 0 Å². The van der Waals surface area contributed by atoms with Crippen molar-refractivity contribution in [3.63, 3.8) is 0 Å². The molecule has 0 aliphatic rings. The lowest BCUT2D eigenvalue weighted by atomic mass is 10.0. The summed E-state index contributed by atoms with van der Waals surface area (Å²) in [5.41, 5.74) is 3.34. The predicted molar refractivity (Wildman–Crippen MR) is 63.4 cm³/mol. The van der Waals surface area contributed by atoms with Gasteiger partial charge in [-0.2, -0.15) is 0 Å². The first-order valence-electron chi connectivity index (χ1n) is 4.92. The van der Waals surface area contributed by atoms with Crippen molar-refractivity contribution in [3.8, 4) is 11.5 Å². The third-order valence-electron chi connectivity index (χ3n) is 2.66. The number of methoxy groups -OCH3 is 2. The van der Waals surface area contributed by atoms with Crippen molar-refractivity contribution in [1.29, 1.82) is 0 Å². The zero-order valence-electron chi connectivity index (χ0n) is 9.69. The van der Waals surface area contributed by atoms with E-state index in [0.29, 0.717) is 5.88 Å². The third-order valence-corrected chi connectivity index (χ3v) is 2.85. The van der Waals surface area contributed by atoms with Gasteiger partial charge in [0.05, 0.1) is 14.2 Å². The van der Waals surface area contributed by atoms with Gasteiger partial charge in [0, 0.05) is 5.88 Å². The maximum atomic E-state index is 5.76. The van der Waals surface area contributed by atoms with E-state index in [0.717, 1.165) is 34.6 Å². The molecule has 0 bridgehead atoms. The van der Waals surface area contributed by atoms with Crippen molar-refractivity contribution < 1.29 is 9.47 Å². The number of benzene rings is 1. The Hall–Kier alpha value is -0.890. The van der Waals surface area contributed by atoms with Gasteiger partial charge in [-0.05, 0) is 43.0 Å². The Labute approximate surface area is 96.2 Å². The van der Waals surface area contributed by atoms with Crippen molar-refractivity contribution in [3.05, 3.63) is 22.8 Å². The fourth-order valence-corrected chi connectivity index (χ4v) is 1.92. The predicted octanol–water partition coefficient (Wildman–Crippen LogP) is 3.10. The minimum atomic E-state index is 0.585. The highest BCUT2D eigenvalue weighted by molar-refractivity contribution is 6.18. The van der Waals surface area contributed by atoms with E-state index >= 15 is 0 Å². The Kier molecular flexibility index (Phi) is 4.28. The molecule has 3 heteroatoms. The Morgan fingerprint density at radius 2 is 1.80 bits per heavy atom. The van der Waals surface area contributed by atoms with Gasteiger partial charge in [0.25, 0.3) is 0 Å². The quantitative estimate of drug-likeness (QED) is 0.738. The zero-order chi connectivity index (χ0) is 11.4. The van der Waals surface area contributed by atoms with Crippen LogP contribution in [0.1, 0.15) is 16.7 Å². The number of hydrogen-bond acceptors (Lipinski definition) is 2. The SMILES string of the molecule is COc1cc(CCCl)c(OC)c(C)c1C. The normalized spacial score (nSPS) is 10.2. The molecule has 84 valence electrons. The first-order chi connectivity index (χ1) is 7.15. The number of halogens is 1. The monoisotopic (exact) mass is 228 g/mol. The number of ether oxygens (including phenoxy) is 2. The Balaban J connectivity index is 3.30. The number of hydrogen-bond donors (Lipinski definition) is 0. The molecule has 0 amide bonds. The van der Waals surface area contributed by atoms with Crippen LogP contribution in [-0.2, 0) is 6.42 Å². The highest BCUT2D eigenvalue weighted by Gasteiger charge is 2.12. The smallest absolute Gasteiger partial charge is 0.125 e. The van der Waals surface area contributed by atoms with E-state index < -0.39 is 0 Å². The molecule has 0 aliphatic carbocycles. The fraction of sp³-hybridized carbons (Fsp3) is 0.500. The molecule has 1 aromatic rings. The van der Waals surface area contributed by atoms with Gasteiger partial charge in [-0.25, -0.2) is 0 Å². The third kappa shape index (κ3) is 2.37. The van der Waals surface area contributed by atoms with Gasteiger partial charge in [-0.1, -0.05) is 0 Å². The molecule has 0 radical (unpaired) electrons. The molecule has 0 unspecified atom stereocenters. The second kappa shape index (κ2) is 5.26. The van der Waals surface area contributed by atoms with E-state index in [9.17, 15) is 0 Å². The van der Waals surface area contributed by atoms with Crippen LogP contribution in [0.3, 0.4) is 0 Å². The number of rotatable bonds is 4. The first-order valence-corrected chi connectivity index (χ1v) is 5.46. The summed E-state index contributed by atoms with van der Waals surface area (Å²) < 4.78 is 10.7. The molecule has 0 aliphatic heterocycles. The van der Waals surface area contributed by atoms with Gasteiger partial charge in [-0.3, -0.25) is 0 Å². The summed E-state index contributed by atoms with van der Waals surface area (Å²) in [6.07, 6.45) is 0.794. The zero-order valence-corrected chi connectivity index (χ0v) is 10.4. The molecular weight excluding hydrogens is 212 g/mol. The summed E-state index contributed by atoms with van der Waals surface area (Å²) in [5.74, 6) is 2.41. The van der Waals surface area contributed by atoms with Crippen LogP contribution in [0.15, 0.2) is 6.07 Å². The van der Waals surface area contributed by atoms with E-state index in [2.05, 4.69) is 0 Å². The average Bonchev–Trinajstić information content (AvgIpc) is 2.24. The van der Waals surface area contributed by atoms with Gasteiger partial charge >= 0.3 is 0 Å². The summed E-state index contributed by atoms with van der Waals surface area (Å²) in [6.45, 7) is 4.07. The van der Waals surface area contributed by atoms with E-state index in [1.807, 2.05) is 19.9 Å². The molecule has 0 saturated heterocycles. The Morgan fingerprint density at radius 3 is 2.27 bits per heavy atom. The summed E-state index contributed by atoms with van der Waals surface area (Å²) in [6, 6.07) is 2.00. The van der Waals surface area contributed by atoms with Crippen LogP contribution in [0.5, 0.6) is 11.5 Å². The summed E-state index contributed by atoms with van der Waals surface area (Å²) in [5, 5.41) is 0. The molecule has 0 fully saturated rings. The van der Waals surface area contributed by atoms with Crippen molar-refractivity contribution in [2.45, 2.75) is 20.3 Å². The Bertz CT molecular complexity index is 348. The van der Waals surface area contributed by atoms with Crippen LogP contribution in [0.25, 0.3) is 0 Å². The van der Waals surface area contributed by atoms with E-state index in [1.54, 1.807) is 14.2 Å². The van der Waals surface area contributed by atoms with Crippen LogP contribution in [0, 0.1) is 13.8 Å². The second-order valence-electron chi connectivity index (χ2n) is 3.46. The largest absolute Gasteiger partial charge is 0.496 e.